The zero-order valence-corrected chi connectivity index (χ0v) is 14.0. The number of fused-ring (bicyclic) bond motifs is 1. The van der Waals surface area contributed by atoms with E-state index in [1.165, 1.54) is 16.9 Å². The fourth-order valence-corrected chi connectivity index (χ4v) is 3.06. The first-order valence-electron chi connectivity index (χ1n) is 8.34. The predicted octanol–water partition coefficient (Wildman–Crippen LogP) is 1.52. The molecule has 0 bridgehead atoms. The lowest BCUT2D eigenvalue weighted by atomic mass is 10.0. The molecule has 0 radical (unpaired) electrons. The molecule has 1 aliphatic rings. The van der Waals surface area contributed by atoms with E-state index >= 15 is 0 Å². The predicted molar refractivity (Wildman–Crippen MR) is 93.2 cm³/mol. The van der Waals surface area contributed by atoms with Gasteiger partial charge in [0.15, 0.2) is 11.1 Å². The molecule has 1 aliphatic carbocycles. The number of carboxylic acids is 1. The number of benzene rings is 1. The van der Waals surface area contributed by atoms with E-state index in [0.717, 1.165) is 24.5 Å². The summed E-state index contributed by atoms with van der Waals surface area (Å²) in [5.74, 6) is -2.17. The first kappa shape index (κ1) is 17.0. The van der Waals surface area contributed by atoms with E-state index < -0.39 is 29.7 Å². The van der Waals surface area contributed by atoms with Crippen molar-refractivity contribution in [3.63, 3.8) is 0 Å². The summed E-state index contributed by atoms with van der Waals surface area (Å²) in [6.45, 7) is -0.631. The van der Waals surface area contributed by atoms with Gasteiger partial charge in [-0.3, -0.25) is 19.5 Å². The number of hydrogen-bond acceptors (Lipinski definition) is 4. The summed E-state index contributed by atoms with van der Waals surface area (Å²) in [4.78, 5) is 39.3. The number of aromatic amines is 1. The number of hydrogen-bond donors (Lipinski definition) is 3. The van der Waals surface area contributed by atoms with Gasteiger partial charge in [0, 0.05) is 11.6 Å². The van der Waals surface area contributed by atoms with E-state index in [1.807, 2.05) is 6.07 Å². The average molecular weight is 370 g/mol. The number of aliphatic carboxylic acids is 1. The molecule has 138 valence electrons. The normalized spacial score (nSPS) is 13.7. The minimum atomic E-state index is -1.24. The van der Waals surface area contributed by atoms with E-state index in [9.17, 15) is 18.8 Å². The van der Waals surface area contributed by atoms with Crippen LogP contribution in [-0.2, 0) is 4.79 Å². The van der Waals surface area contributed by atoms with Crippen molar-refractivity contribution in [1.82, 2.24) is 19.9 Å². The Bertz CT molecular complexity index is 1130. The quantitative estimate of drug-likeness (QED) is 0.630. The molecule has 3 aromatic rings. The van der Waals surface area contributed by atoms with Gasteiger partial charge in [-0.1, -0.05) is 6.07 Å². The van der Waals surface area contributed by atoms with Gasteiger partial charge >= 0.3 is 5.97 Å². The zero-order chi connectivity index (χ0) is 19.1. The number of carbonyl (C=O) groups is 2. The molecule has 1 amide bonds. The monoisotopic (exact) mass is 370 g/mol. The van der Waals surface area contributed by atoms with Gasteiger partial charge in [-0.15, -0.1) is 0 Å². The third kappa shape index (κ3) is 3.07. The number of aromatic nitrogens is 3. The molecule has 1 fully saturated rings. The SMILES string of the molecule is O=C(O)CNC(=O)c1c(=O)cc(-c2ccc(C3CC3)cc2F)n2[nH]cnc12. The number of rotatable bonds is 5. The van der Waals surface area contributed by atoms with E-state index in [0.29, 0.717) is 5.92 Å². The molecule has 1 aromatic carbocycles. The van der Waals surface area contributed by atoms with Crippen molar-refractivity contribution in [3.8, 4) is 11.3 Å². The molecule has 3 N–H and O–H groups in total. The van der Waals surface area contributed by atoms with Gasteiger partial charge < -0.3 is 10.4 Å². The molecule has 0 aliphatic heterocycles. The molecule has 1 saturated carbocycles. The van der Waals surface area contributed by atoms with Crippen LogP contribution in [0.25, 0.3) is 16.9 Å². The second-order valence-corrected chi connectivity index (χ2v) is 6.41. The van der Waals surface area contributed by atoms with Crippen LogP contribution in [0.1, 0.15) is 34.7 Å². The summed E-state index contributed by atoms with van der Waals surface area (Å²) in [6.07, 6.45) is 3.36. The van der Waals surface area contributed by atoms with Crippen molar-refractivity contribution >= 4 is 17.5 Å². The van der Waals surface area contributed by atoms with Crippen LogP contribution in [0.3, 0.4) is 0 Å². The number of carboxylic acid groups (broad SMARTS) is 1. The molecule has 2 aromatic heterocycles. The van der Waals surface area contributed by atoms with Gasteiger partial charge in [0.25, 0.3) is 5.91 Å². The Hall–Kier alpha value is -3.49. The van der Waals surface area contributed by atoms with E-state index in [1.54, 1.807) is 6.07 Å². The Labute approximate surface area is 151 Å². The Morgan fingerprint density at radius 2 is 2.11 bits per heavy atom. The number of halogens is 1. The Morgan fingerprint density at radius 1 is 1.33 bits per heavy atom. The van der Waals surface area contributed by atoms with E-state index in [-0.39, 0.29) is 22.5 Å². The van der Waals surface area contributed by atoms with Gasteiger partial charge in [0.2, 0.25) is 0 Å². The first-order valence-corrected chi connectivity index (χ1v) is 8.34. The fourth-order valence-electron chi connectivity index (χ4n) is 3.06. The van der Waals surface area contributed by atoms with Crippen molar-refractivity contribution in [1.29, 1.82) is 0 Å². The molecule has 27 heavy (non-hydrogen) atoms. The molecule has 2 heterocycles. The lowest BCUT2D eigenvalue weighted by molar-refractivity contribution is -0.135. The van der Waals surface area contributed by atoms with Crippen LogP contribution in [0.15, 0.2) is 35.4 Å². The third-order valence-electron chi connectivity index (χ3n) is 4.51. The van der Waals surface area contributed by atoms with Crippen molar-refractivity contribution in [2.24, 2.45) is 0 Å². The second kappa shape index (κ2) is 6.35. The second-order valence-electron chi connectivity index (χ2n) is 6.41. The van der Waals surface area contributed by atoms with Gasteiger partial charge in [0.1, 0.15) is 24.3 Å². The number of carbonyl (C=O) groups excluding carboxylic acids is 1. The van der Waals surface area contributed by atoms with Crippen LogP contribution in [0.5, 0.6) is 0 Å². The van der Waals surface area contributed by atoms with Gasteiger partial charge in [-0.05, 0) is 36.5 Å². The summed E-state index contributed by atoms with van der Waals surface area (Å²) in [5, 5.41) is 13.6. The number of H-pyrrole nitrogens is 1. The smallest absolute Gasteiger partial charge is 0.322 e. The molecular formula is C18H15FN4O4. The van der Waals surface area contributed by atoms with Crippen LogP contribution < -0.4 is 10.7 Å². The third-order valence-corrected chi connectivity index (χ3v) is 4.51. The van der Waals surface area contributed by atoms with Crippen molar-refractivity contribution in [2.45, 2.75) is 18.8 Å². The lowest BCUT2D eigenvalue weighted by Crippen LogP contribution is -2.33. The Kier molecular flexibility index (Phi) is 3.98. The molecule has 9 heteroatoms. The number of pyridine rings is 1. The highest BCUT2D eigenvalue weighted by Crippen LogP contribution is 2.41. The standard InChI is InChI=1S/C18H15FN4O4/c19-12-5-10(9-1-2-9)3-4-11(12)13-6-14(24)16(17-21-8-22-23(13)17)18(27)20-7-15(25)26/h3-6,8-9H,1-2,7H2,(H,20,27)(H,21,22)(H,25,26). The van der Waals surface area contributed by atoms with Gasteiger partial charge in [0.05, 0.1) is 5.69 Å². The van der Waals surface area contributed by atoms with Crippen LogP contribution >= 0.6 is 0 Å². The lowest BCUT2D eigenvalue weighted by Gasteiger charge is -2.10. The molecule has 0 saturated heterocycles. The summed E-state index contributed by atoms with van der Waals surface area (Å²) in [7, 11) is 0. The minimum Gasteiger partial charge on any atom is -0.480 e. The highest BCUT2D eigenvalue weighted by atomic mass is 19.1. The molecule has 8 nitrogen and oxygen atoms in total. The first-order chi connectivity index (χ1) is 13.0. The molecule has 0 atom stereocenters. The number of nitrogens with one attached hydrogen (secondary N) is 2. The molecule has 0 spiro atoms. The van der Waals surface area contributed by atoms with Crippen molar-refractivity contribution < 1.29 is 19.1 Å². The minimum absolute atomic E-state index is 0.00828. The van der Waals surface area contributed by atoms with Crippen LogP contribution in [0.4, 0.5) is 4.39 Å². The van der Waals surface area contributed by atoms with Crippen LogP contribution in [-0.4, -0.2) is 38.1 Å². The van der Waals surface area contributed by atoms with Crippen molar-refractivity contribution in [3.05, 3.63) is 57.8 Å². The summed E-state index contributed by atoms with van der Waals surface area (Å²) >= 11 is 0. The van der Waals surface area contributed by atoms with Gasteiger partial charge in [-0.2, -0.15) is 0 Å². The van der Waals surface area contributed by atoms with E-state index in [2.05, 4.69) is 15.4 Å². The highest BCUT2D eigenvalue weighted by Gasteiger charge is 2.25. The fraction of sp³-hybridized carbons (Fsp3) is 0.222. The Morgan fingerprint density at radius 3 is 2.78 bits per heavy atom. The average Bonchev–Trinajstić information content (AvgIpc) is 3.37. The summed E-state index contributed by atoms with van der Waals surface area (Å²) in [5.41, 5.74) is 0.359. The maximum Gasteiger partial charge on any atom is 0.322 e. The maximum atomic E-state index is 14.7. The van der Waals surface area contributed by atoms with Crippen molar-refractivity contribution in [2.75, 3.05) is 6.54 Å². The topological polar surface area (TPSA) is 117 Å². The zero-order valence-electron chi connectivity index (χ0n) is 14.0. The van der Waals surface area contributed by atoms with E-state index in [4.69, 9.17) is 5.11 Å². The van der Waals surface area contributed by atoms with Crippen LogP contribution in [0, 0.1) is 5.82 Å². The number of amides is 1. The Balaban J connectivity index is 1.81. The van der Waals surface area contributed by atoms with Gasteiger partial charge in [-0.25, -0.2) is 13.9 Å². The number of nitrogens with zero attached hydrogens (tertiary/aromatic N) is 2. The molecular weight excluding hydrogens is 355 g/mol. The summed E-state index contributed by atoms with van der Waals surface area (Å²) < 4.78 is 16.0. The molecule has 4 rings (SSSR count). The van der Waals surface area contributed by atoms with Crippen LogP contribution in [0.2, 0.25) is 0 Å². The largest absolute Gasteiger partial charge is 0.480 e. The highest BCUT2D eigenvalue weighted by molar-refractivity contribution is 6.01. The maximum absolute atomic E-state index is 14.7. The molecule has 0 unspecified atom stereocenters. The summed E-state index contributed by atoms with van der Waals surface area (Å²) in [6, 6.07) is 6.04.